The molecule has 0 radical (unpaired) electrons. The fourth-order valence-corrected chi connectivity index (χ4v) is 2.76. The summed E-state index contributed by atoms with van der Waals surface area (Å²) < 4.78 is 44.9. The number of halogens is 4. The van der Waals surface area contributed by atoms with Crippen LogP contribution in [-0.4, -0.2) is 12.6 Å². The second kappa shape index (κ2) is 5.71. The van der Waals surface area contributed by atoms with Crippen molar-refractivity contribution in [1.29, 1.82) is 0 Å². The van der Waals surface area contributed by atoms with Crippen LogP contribution in [0, 0.1) is 5.92 Å². The Balaban J connectivity index is 2.26. The molecular weight excluding hydrogens is 323 g/mol. The maximum Gasteiger partial charge on any atom is 0.419 e. The summed E-state index contributed by atoms with van der Waals surface area (Å²) in [6, 6.07) is 3.77. The van der Waals surface area contributed by atoms with Gasteiger partial charge in [-0.3, -0.25) is 0 Å². The van der Waals surface area contributed by atoms with E-state index in [-0.39, 0.29) is 17.8 Å². The van der Waals surface area contributed by atoms with Crippen molar-refractivity contribution in [2.24, 2.45) is 11.7 Å². The number of rotatable bonds is 3. The topological polar surface area (TPSA) is 35.2 Å². The summed E-state index contributed by atoms with van der Waals surface area (Å²) in [6.45, 7) is 0.444. The summed E-state index contributed by atoms with van der Waals surface area (Å²) in [5.74, 6) is 0.0206. The van der Waals surface area contributed by atoms with Crippen LogP contribution < -0.4 is 10.5 Å². The van der Waals surface area contributed by atoms with E-state index in [2.05, 4.69) is 15.9 Å². The molecule has 1 saturated carbocycles. The summed E-state index contributed by atoms with van der Waals surface area (Å²) >= 11 is 3.17. The standard InChI is InChI=1S/C13H15BrF3NO/c14-9-4-5-10(13(15,16)17)12(6-9)19-11-3-1-2-8(11)7-18/h4-6,8,11H,1-3,7,18H2. The lowest BCUT2D eigenvalue weighted by molar-refractivity contribution is -0.139. The first-order chi connectivity index (χ1) is 8.91. The molecule has 0 spiro atoms. The van der Waals surface area contributed by atoms with Crippen molar-refractivity contribution < 1.29 is 17.9 Å². The van der Waals surface area contributed by atoms with E-state index in [9.17, 15) is 13.2 Å². The molecule has 2 rings (SSSR count). The summed E-state index contributed by atoms with van der Waals surface area (Å²) in [5.41, 5.74) is 4.88. The minimum atomic E-state index is -4.41. The number of benzene rings is 1. The predicted octanol–water partition coefficient (Wildman–Crippen LogP) is 3.97. The first kappa shape index (κ1) is 14.7. The van der Waals surface area contributed by atoms with E-state index >= 15 is 0 Å². The van der Waals surface area contributed by atoms with Crippen LogP contribution in [0.1, 0.15) is 24.8 Å². The number of ether oxygens (including phenoxy) is 1. The summed E-state index contributed by atoms with van der Waals surface area (Å²) in [5, 5.41) is 0. The van der Waals surface area contributed by atoms with Gasteiger partial charge in [-0.2, -0.15) is 13.2 Å². The fraction of sp³-hybridized carbons (Fsp3) is 0.538. The smallest absolute Gasteiger partial charge is 0.419 e. The molecule has 2 unspecified atom stereocenters. The summed E-state index contributed by atoms with van der Waals surface area (Å²) in [4.78, 5) is 0. The second-order valence-electron chi connectivity index (χ2n) is 4.72. The van der Waals surface area contributed by atoms with Crippen molar-refractivity contribution in [3.05, 3.63) is 28.2 Å². The molecule has 106 valence electrons. The molecule has 2 nitrogen and oxygen atoms in total. The minimum Gasteiger partial charge on any atom is -0.489 e. The zero-order valence-corrected chi connectivity index (χ0v) is 11.8. The fourth-order valence-electron chi connectivity index (χ4n) is 2.42. The van der Waals surface area contributed by atoms with Gasteiger partial charge in [-0.1, -0.05) is 15.9 Å². The van der Waals surface area contributed by atoms with Crippen LogP contribution in [0.5, 0.6) is 5.75 Å². The predicted molar refractivity (Wildman–Crippen MR) is 70.0 cm³/mol. The number of hydrogen-bond acceptors (Lipinski definition) is 2. The molecule has 0 bridgehead atoms. The average Bonchev–Trinajstić information content (AvgIpc) is 2.74. The Hall–Kier alpha value is -0.750. The van der Waals surface area contributed by atoms with Gasteiger partial charge in [0.2, 0.25) is 0 Å². The van der Waals surface area contributed by atoms with Crippen molar-refractivity contribution in [2.75, 3.05) is 6.54 Å². The van der Waals surface area contributed by atoms with Crippen molar-refractivity contribution in [2.45, 2.75) is 31.5 Å². The molecular formula is C13H15BrF3NO. The third kappa shape index (κ3) is 3.42. The minimum absolute atomic E-state index is 0.118. The molecule has 2 atom stereocenters. The van der Waals surface area contributed by atoms with Gasteiger partial charge in [-0.05, 0) is 44.0 Å². The molecule has 1 aliphatic carbocycles. The molecule has 0 aliphatic heterocycles. The summed E-state index contributed by atoms with van der Waals surface area (Å²) in [7, 11) is 0. The van der Waals surface area contributed by atoms with Crippen molar-refractivity contribution in [3.8, 4) is 5.75 Å². The SMILES string of the molecule is NCC1CCCC1Oc1cc(Br)ccc1C(F)(F)F. The van der Waals surface area contributed by atoms with Crippen LogP contribution in [0.4, 0.5) is 13.2 Å². The molecule has 0 saturated heterocycles. The van der Waals surface area contributed by atoms with E-state index in [0.717, 1.165) is 25.3 Å². The monoisotopic (exact) mass is 337 g/mol. The highest BCUT2D eigenvalue weighted by Gasteiger charge is 2.36. The lowest BCUT2D eigenvalue weighted by Gasteiger charge is -2.22. The maximum absolute atomic E-state index is 12.9. The molecule has 1 aromatic rings. The van der Waals surface area contributed by atoms with Gasteiger partial charge in [0.25, 0.3) is 0 Å². The molecule has 19 heavy (non-hydrogen) atoms. The van der Waals surface area contributed by atoms with E-state index in [0.29, 0.717) is 11.0 Å². The van der Waals surface area contributed by atoms with Crippen molar-refractivity contribution in [1.82, 2.24) is 0 Å². The van der Waals surface area contributed by atoms with Crippen LogP contribution in [0.2, 0.25) is 0 Å². The van der Waals surface area contributed by atoms with Crippen molar-refractivity contribution >= 4 is 15.9 Å². The Morgan fingerprint density at radius 3 is 2.68 bits per heavy atom. The summed E-state index contributed by atoms with van der Waals surface area (Å²) in [6.07, 6.45) is -2.02. The van der Waals surface area contributed by atoms with Crippen LogP contribution >= 0.6 is 15.9 Å². The largest absolute Gasteiger partial charge is 0.489 e. The maximum atomic E-state index is 12.9. The number of hydrogen-bond donors (Lipinski definition) is 1. The third-order valence-electron chi connectivity index (χ3n) is 3.42. The Morgan fingerprint density at radius 1 is 1.32 bits per heavy atom. The number of nitrogens with two attached hydrogens (primary N) is 1. The van der Waals surface area contributed by atoms with Crippen LogP contribution in [-0.2, 0) is 6.18 Å². The van der Waals surface area contributed by atoms with Gasteiger partial charge >= 0.3 is 6.18 Å². The first-order valence-electron chi connectivity index (χ1n) is 6.15. The van der Waals surface area contributed by atoms with E-state index in [1.54, 1.807) is 0 Å². The van der Waals surface area contributed by atoms with Crippen LogP contribution in [0.15, 0.2) is 22.7 Å². The number of alkyl halides is 3. The molecule has 2 N–H and O–H groups in total. The van der Waals surface area contributed by atoms with Gasteiger partial charge in [-0.25, -0.2) is 0 Å². The highest BCUT2D eigenvalue weighted by molar-refractivity contribution is 9.10. The quantitative estimate of drug-likeness (QED) is 0.905. The van der Waals surface area contributed by atoms with Gasteiger partial charge in [0.05, 0.1) is 5.56 Å². The average molecular weight is 338 g/mol. The van der Waals surface area contributed by atoms with Gasteiger partial charge in [-0.15, -0.1) is 0 Å². The zero-order chi connectivity index (χ0) is 14.0. The molecule has 1 aliphatic rings. The van der Waals surface area contributed by atoms with Gasteiger partial charge < -0.3 is 10.5 Å². The van der Waals surface area contributed by atoms with Crippen LogP contribution in [0.3, 0.4) is 0 Å². The molecule has 0 heterocycles. The van der Waals surface area contributed by atoms with E-state index in [1.165, 1.54) is 12.1 Å². The Morgan fingerprint density at radius 2 is 2.05 bits per heavy atom. The molecule has 6 heteroatoms. The zero-order valence-electron chi connectivity index (χ0n) is 10.2. The Bertz CT molecular complexity index is 450. The van der Waals surface area contributed by atoms with Crippen LogP contribution in [0.25, 0.3) is 0 Å². The van der Waals surface area contributed by atoms with Gasteiger partial charge in [0.1, 0.15) is 11.9 Å². The second-order valence-corrected chi connectivity index (χ2v) is 5.64. The highest BCUT2D eigenvalue weighted by Crippen LogP contribution is 2.39. The molecule has 0 aromatic heterocycles. The van der Waals surface area contributed by atoms with E-state index in [4.69, 9.17) is 10.5 Å². The first-order valence-corrected chi connectivity index (χ1v) is 6.94. The Labute approximate surface area is 118 Å². The van der Waals surface area contributed by atoms with Crippen molar-refractivity contribution in [3.63, 3.8) is 0 Å². The molecule has 0 amide bonds. The van der Waals surface area contributed by atoms with E-state index in [1.807, 2.05) is 0 Å². The Kier molecular flexibility index (Phi) is 4.40. The van der Waals surface area contributed by atoms with Gasteiger partial charge in [0, 0.05) is 10.4 Å². The van der Waals surface area contributed by atoms with E-state index < -0.39 is 11.7 Å². The lowest BCUT2D eigenvalue weighted by Crippen LogP contribution is -2.28. The molecule has 1 fully saturated rings. The highest BCUT2D eigenvalue weighted by atomic mass is 79.9. The lowest BCUT2D eigenvalue weighted by atomic mass is 10.1. The normalized spacial score (nSPS) is 23.6. The molecule has 1 aromatic carbocycles. The van der Waals surface area contributed by atoms with Gasteiger partial charge in [0.15, 0.2) is 0 Å². The third-order valence-corrected chi connectivity index (χ3v) is 3.91.